The molecule has 0 aliphatic heterocycles. The quantitative estimate of drug-likeness (QED) is 0.831. The maximum Gasteiger partial charge on any atom is 0.168 e. The Morgan fingerprint density at radius 1 is 1.28 bits per heavy atom. The summed E-state index contributed by atoms with van der Waals surface area (Å²) >= 11 is 0. The molecule has 0 saturated heterocycles. The lowest BCUT2D eigenvalue weighted by molar-refractivity contribution is 0.378. The van der Waals surface area contributed by atoms with E-state index in [4.69, 9.17) is 4.74 Å². The summed E-state index contributed by atoms with van der Waals surface area (Å²) in [5.74, 6) is 0.486. The van der Waals surface area contributed by atoms with E-state index in [9.17, 15) is 4.39 Å². The van der Waals surface area contributed by atoms with E-state index in [0.717, 1.165) is 18.4 Å². The van der Waals surface area contributed by atoms with Crippen LogP contribution in [0, 0.1) is 5.82 Å². The van der Waals surface area contributed by atoms with E-state index in [1.54, 1.807) is 6.07 Å². The van der Waals surface area contributed by atoms with Crippen LogP contribution in [-0.4, -0.2) is 20.2 Å². The third-order valence-corrected chi connectivity index (χ3v) is 3.99. The molecular formula is C15H22FNO. The molecule has 2 atom stereocenters. The standard InChI is InChI=1S/C15H22FNO/c1-17-12-7-4-3-6-11(10-12)13-8-5-9-14(18-2)15(13)16/h5,8-9,11-12,17H,3-4,6-7,10H2,1-2H3. The zero-order valence-corrected chi connectivity index (χ0v) is 11.2. The number of ether oxygens (including phenoxy) is 1. The van der Waals surface area contributed by atoms with Crippen LogP contribution in [-0.2, 0) is 0 Å². The Hall–Kier alpha value is -1.09. The van der Waals surface area contributed by atoms with E-state index >= 15 is 0 Å². The first kappa shape index (κ1) is 13.3. The molecule has 3 heteroatoms. The van der Waals surface area contributed by atoms with Gasteiger partial charge in [-0.3, -0.25) is 0 Å². The lowest BCUT2D eigenvalue weighted by Gasteiger charge is -2.21. The minimum atomic E-state index is -0.179. The molecule has 1 aromatic rings. The van der Waals surface area contributed by atoms with Crippen LogP contribution < -0.4 is 10.1 Å². The Balaban J connectivity index is 2.23. The highest BCUT2D eigenvalue weighted by Gasteiger charge is 2.23. The largest absolute Gasteiger partial charge is 0.494 e. The second-order valence-corrected chi connectivity index (χ2v) is 5.07. The van der Waals surface area contributed by atoms with Crippen molar-refractivity contribution in [2.75, 3.05) is 14.2 Å². The van der Waals surface area contributed by atoms with Crippen molar-refractivity contribution in [3.8, 4) is 5.75 Å². The summed E-state index contributed by atoms with van der Waals surface area (Å²) in [7, 11) is 3.51. The van der Waals surface area contributed by atoms with E-state index in [1.807, 2.05) is 19.2 Å². The molecule has 0 heterocycles. The van der Waals surface area contributed by atoms with Gasteiger partial charge >= 0.3 is 0 Å². The van der Waals surface area contributed by atoms with Gasteiger partial charge in [-0.25, -0.2) is 4.39 Å². The molecule has 1 aliphatic carbocycles. The maximum atomic E-state index is 14.3. The number of benzene rings is 1. The smallest absolute Gasteiger partial charge is 0.168 e. The first-order valence-electron chi connectivity index (χ1n) is 6.76. The number of methoxy groups -OCH3 is 1. The summed E-state index contributed by atoms with van der Waals surface area (Å²) in [6, 6.07) is 5.98. The van der Waals surface area contributed by atoms with Crippen LogP contribution in [0.4, 0.5) is 4.39 Å². The summed E-state index contributed by atoms with van der Waals surface area (Å²) < 4.78 is 19.3. The molecule has 2 unspecified atom stereocenters. The van der Waals surface area contributed by atoms with Gasteiger partial charge in [0, 0.05) is 6.04 Å². The van der Waals surface area contributed by atoms with E-state index in [2.05, 4.69) is 5.32 Å². The number of hydrogen-bond donors (Lipinski definition) is 1. The Morgan fingerprint density at radius 2 is 2.06 bits per heavy atom. The lowest BCUT2D eigenvalue weighted by Crippen LogP contribution is -2.26. The van der Waals surface area contributed by atoms with Gasteiger partial charge in [-0.05, 0) is 43.9 Å². The van der Waals surface area contributed by atoms with Crippen LogP contribution in [0.15, 0.2) is 18.2 Å². The second-order valence-electron chi connectivity index (χ2n) is 5.07. The minimum absolute atomic E-state index is 0.179. The fourth-order valence-electron chi connectivity index (χ4n) is 2.91. The predicted octanol–water partition coefficient (Wildman–Crippen LogP) is 3.47. The summed E-state index contributed by atoms with van der Waals surface area (Å²) in [4.78, 5) is 0. The summed E-state index contributed by atoms with van der Waals surface area (Å²) in [5.41, 5.74) is 0.816. The zero-order chi connectivity index (χ0) is 13.0. The molecule has 1 fully saturated rings. The van der Waals surface area contributed by atoms with Crippen LogP contribution in [0.3, 0.4) is 0 Å². The van der Waals surface area contributed by atoms with E-state index in [1.165, 1.54) is 26.4 Å². The van der Waals surface area contributed by atoms with Crippen molar-refractivity contribution in [1.82, 2.24) is 5.32 Å². The Morgan fingerprint density at radius 3 is 2.78 bits per heavy atom. The van der Waals surface area contributed by atoms with E-state index in [-0.39, 0.29) is 5.82 Å². The molecule has 1 aliphatic rings. The predicted molar refractivity (Wildman–Crippen MR) is 71.6 cm³/mol. The zero-order valence-electron chi connectivity index (χ0n) is 11.2. The van der Waals surface area contributed by atoms with Gasteiger partial charge in [0.1, 0.15) is 0 Å². The van der Waals surface area contributed by atoms with Crippen LogP contribution in [0.25, 0.3) is 0 Å². The van der Waals surface area contributed by atoms with Crippen LogP contribution in [0.5, 0.6) is 5.75 Å². The number of rotatable bonds is 3. The average Bonchev–Trinajstić information content (AvgIpc) is 2.64. The van der Waals surface area contributed by atoms with Crippen molar-refractivity contribution in [2.24, 2.45) is 0 Å². The normalized spacial score (nSPS) is 24.6. The minimum Gasteiger partial charge on any atom is -0.494 e. The van der Waals surface area contributed by atoms with Gasteiger partial charge in [0.05, 0.1) is 7.11 Å². The monoisotopic (exact) mass is 251 g/mol. The molecule has 1 saturated carbocycles. The van der Waals surface area contributed by atoms with Crippen molar-refractivity contribution in [2.45, 2.75) is 44.1 Å². The van der Waals surface area contributed by atoms with Gasteiger partial charge in [0.25, 0.3) is 0 Å². The number of halogens is 1. The van der Waals surface area contributed by atoms with Gasteiger partial charge < -0.3 is 10.1 Å². The van der Waals surface area contributed by atoms with Crippen LogP contribution in [0.2, 0.25) is 0 Å². The summed E-state index contributed by atoms with van der Waals surface area (Å²) in [5, 5.41) is 3.34. The SMILES string of the molecule is CNC1CCCCC(c2cccc(OC)c2F)C1. The molecule has 0 amide bonds. The Kier molecular flexibility index (Phi) is 4.59. The van der Waals surface area contributed by atoms with Crippen LogP contribution >= 0.6 is 0 Å². The number of hydrogen-bond acceptors (Lipinski definition) is 2. The van der Waals surface area contributed by atoms with Crippen molar-refractivity contribution >= 4 is 0 Å². The fourth-order valence-corrected chi connectivity index (χ4v) is 2.91. The highest BCUT2D eigenvalue weighted by molar-refractivity contribution is 5.33. The first-order valence-corrected chi connectivity index (χ1v) is 6.76. The van der Waals surface area contributed by atoms with Gasteiger partial charge in [-0.1, -0.05) is 25.0 Å². The van der Waals surface area contributed by atoms with Crippen molar-refractivity contribution in [3.05, 3.63) is 29.6 Å². The molecule has 100 valence electrons. The molecular weight excluding hydrogens is 229 g/mol. The molecule has 0 radical (unpaired) electrons. The fraction of sp³-hybridized carbons (Fsp3) is 0.600. The Bertz CT molecular complexity index is 394. The molecule has 18 heavy (non-hydrogen) atoms. The highest BCUT2D eigenvalue weighted by atomic mass is 19.1. The molecule has 1 N–H and O–H groups in total. The van der Waals surface area contributed by atoms with E-state index < -0.39 is 0 Å². The summed E-state index contributed by atoms with van der Waals surface area (Å²) in [6.07, 6.45) is 5.69. The van der Waals surface area contributed by atoms with Crippen molar-refractivity contribution < 1.29 is 9.13 Å². The number of nitrogens with one attached hydrogen (secondary N) is 1. The highest BCUT2D eigenvalue weighted by Crippen LogP contribution is 2.35. The molecule has 0 spiro atoms. The third-order valence-electron chi connectivity index (χ3n) is 3.99. The van der Waals surface area contributed by atoms with Crippen molar-refractivity contribution in [1.29, 1.82) is 0 Å². The maximum absolute atomic E-state index is 14.3. The van der Waals surface area contributed by atoms with Crippen LogP contribution in [0.1, 0.15) is 43.6 Å². The molecule has 0 aromatic heterocycles. The molecule has 2 nitrogen and oxygen atoms in total. The molecule has 0 bridgehead atoms. The van der Waals surface area contributed by atoms with Gasteiger partial charge in [-0.15, -0.1) is 0 Å². The van der Waals surface area contributed by atoms with Gasteiger partial charge in [0.2, 0.25) is 0 Å². The summed E-state index contributed by atoms with van der Waals surface area (Å²) in [6.45, 7) is 0. The first-order chi connectivity index (χ1) is 8.76. The third kappa shape index (κ3) is 2.83. The van der Waals surface area contributed by atoms with Crippen molar-refractivity contribution in [3.63, 3.8) is 0 Å². The molecule has 1 aromatic carbocycles. The molecule has 2 rings (SSSR count). The van der Waals surface area contributed by atoms with E-state index in [0.29, 0.717) is 17.7 Å². The van der Waals surface area contributed by atoms with Gasteiger partial charge in [0.15, 0.2) is 11.6 Å². The van der Waals surface area contributed by atoms with Gasteiger partial charge in [-0.2, -0.15) is 0 Å². The second kappa shape index (κ2) is 6.19. The lowest BCUT2D eigenvalue weighted by atomic mass is 9.90. The topological polar surface area (TPSA) is 21.3 Å². The Labute approximate surface area is 109 Å². The average molecular weight is 251 g/mol.